The molecule has 0 bridgehead atoms. The Labute approximate surface area is 234 Å². The second-order valence-corrected chi connectivity index (χ2v) is 11.4. The summed E-state index contributed by atoms with van der Waals surface area (Å²) in [6.07, 6.45) is 41.8. The summed E-state index contributed by atoms with van der Waals surface area (Å²) in [6.45, 7) is 6.70. The van der Waals surface area contributed by atoms with Crippen LogP contribution >= 0.6 is 0 Å². The van der Waals surface area contributed by atoms with Gasteiger partial charge in [0.25, 0.3) is 0 Å². The maximum absolute atomic E-state index is 5.62. The van der Waals surface area contributed by atoms with Crippen LogP contribution in [-0.2, 0) is 9.47 Å². The third kappa shape index (κ3) is 35.3. The van der Waals surface area contributed by atoms with E-state index in [-0.39, 0.29) is 0 Å². The maximum atomic E-state index is 5.62. The number of unbranched alkanes of at least 4 members (excludes halogenated alkanes) is 26. The molecule has 0 aliphatic carbocycles. The summed E-state index contributed by atoms with van der Waals surface area (Å²) >= 11 is 0. The molecule has 0 rings (SSSR count). The first-order valence-corrected chi connectivity index (χ1v) is 17.1. The van der Waals surface area contributed by atoms with Crippen molar-refractivity contribution in [3.63, 3.8) is 0 Å². The van der Waals surface area contributed by atoms with Crippen molar-refractivity contribution in [2.75, 3.05) is 19.8 Å². The molecule has 0 saturated heterocycles. The van der Waals surface area contributed by atoms with Crippen molar-refractivity contribution >= 4 is 0 Å². The van der Waals surface area contributed by atoms with E-state index in [2.05, 4.69) is 25.9 Å². The van der Waals surface area contributed by atoms with E-state index in [1.165, 1.54) is 173 Å². The van der Waals surface area contributed by atoms with Crippen molar-refractivity contribution in [1.29, 1.82) is 0 Å². The van der Waals surface area contributed by atoms with E-state index < -0.39 is 0 Å². The van der Waals surface area contributed by atoms with Crippen LogP contribution in [0, 0.1) is 12.0 Å². The lowest BCUT2D eigenvalue weighted by atomic mass is 10.0. The highest BCUT2D eigenvalue weighted by molar-refractivity contribution is 4.91. The molecule has 0 radical (unpaired) electrons. The number of ether oxygens (including phenoxy) is 2. The minimum atomic E-state index is 0.511. The molecule has 0 aromatic rings. The predicted molar refractivity (Wildman–Crippen MR) is 165 cm³/mol. The van der Waals surface area contributed by atoms with Gasteiger partial charge in [0.05, 0.1) is 0 Å². The van der Waals surface area contributed by atoms with Crippen LogP contribution in [0.5, 0.6) is 0 Å². The summed E-state index contributed by atoms with van der Waals surface area (Å²) < 4.78 is 11.0. The molecule has 0 aliphatic rings. The van der Waals surface area contributed by atoms with E-state index in [4.69, 9.17) is 9.47 Å². The van der Waals surface area contributed by atoms with Crippen molar-refractivity contribution in [2.24, 2.45) is 0 Å². The van der Waals surface area contributed by atoms with Crippen LogP contribution in [0.2, 0.25) is 0 Å². The smallest absolute Gasteiger partial charge is 0.112 e. The van der Waals surface area contributed by atoms with Gasteiger partial charge in [-0.15, -0.1) is 0 Å². The predicted octanol–water partition coefficient (Wildman–Crippen LogP) is 11.9. The van der Waals surface area contributed by atoms with E-state index in [9.17, 15) is 0 Å². The van der Waals surface area contributed by atoms with E-state index >= 15 is 0 Å². The number of hydrogen-bond donors (Lipinski definition) is 0. The van der Waals surface area contributed by atoms with E-state index in [1.54, 1.807) is 0 Å². The van der Waals surface area contributed by atoms with Crippen molar-refractivity contribution in [1.82, 2.24) is 0 Å². The first-order chi connectivity index (χ1) is 18.4. The Kier molecular flexibility index (Phi) is 34.7. The van der Waals surface area contributed by atoms with Crippen LogP contribution in [0.3, 0.4) is 0 Å². The Morgan fingerprint density at radius 2 is 0.649 bits per heavy atom. The van der Waals surface area contributed by atoms with Crippen LogP contribution in [0.4, 0.5) is 0 Å². The Morgan fingerprint density at radius 1 is 0.351 bits per heavy atom. The fourth-order valence-electron chi connectivity index (χ4n) is 5.02. The molecule has 220 valence electrons. The van der Waals surface area contributed by atoms with Gasteiger partial charge in [0.15, 0.2) is 0 Å². The molecular formula is C35H68O2. The summed E-state index contributed by atoms with van der Waals surface area (Å²) in [5.74, 6) is 2.99. The van der Waals surface area contributed by atoms with Crippen LogP contribution in [-0.4, -0.2) is 19.8 Å². The van der Waals surface area contributed by atoms with Crippen LogP contribution in [0.1, 0.15) is 194 Å². The third-order valence-corrected chi connectivity index (χ3v) is 7.56. The minimum absolute atomic E-state index is 0.511. The fraction of sp³-hybridized carbons (Fsp3) is 0.943. The molecule has 2 heteroatoms. The van der Waals surface area contributed by atoms with Crippen LogP contribution in [0.25, 0.3) is 0 Å². The van der Waals surface area contributed by atoms with E-state index in [0.717, 1.165) is 19.6 Å². The molecule has 0 aliphatic heterocycles. The van der Waals surface area contributed by atoms with Gasteiger partial charge in [-0.3, -0.25) is 0 Å². The summed E-state index contributed by atoms with van der Waals surface area (Å²) in [6, 6.07) is 0. The van der Waals surface area contributed by atoms with Gasteiger partial charge in [-0.05, 0) is 18.8 Å². The van der Waals surface area contributed by atoms with Gasteiger partial charge in [0.2, 0.25) is 0 Å². The number of hydrogen-bond acceptors (Lipinski definition) is 2. The van der Waals surface area contributed by atoms with Gasteiger partial charge in [0.1, 0.15) is 19.3 Å². The Bertz CT molecular complexity index is 450. The minimum Gasteiger partial charge on any atom is -0.447 e. The van der Waals surface area contributed by atoms with Crippen molar-refractivity contribution in [2.45, 2.75) is 194 Å². The quantitative estimate of drug-likeness (QED) is 0.0668. The molecule has 0 unspecified atom stereocenters. The molecule has 0 aromatic carbocycles. The van der Waals surface area contributed by atoms with Gasteiger partial charge < -0.3 is 9.47 Å². The van der Waals surface area contributed by atoms with E-state index in [0.29, 0.717) is 6.61 Å². The van der Waals surface area contributed by atoms with E-state index in [1.807, 2.05) is 0 Å². The molecule has 0 spiro atoms. The molecule has 37 heavy (non-hydrogen) atoms. The Balaban J connectivity index is 3.10. The second kappa shape index (κ2) is 35.3. The van der Waals surface area contributed by atoms with Crippen LogP contribution in [0.15, 0.2) is 0 Å². The highest BCUT2D eigenvalue weighted by atomic mass is 16.5. The molecule has 0 amide bonds. The fourth-order valence-corrected chi connectivity index (χ4v) is 5.02. The lowest BCUT2D eigenvalue weighted by Crippen LogP contribution is -1.95. The van der Waals surface area contributed by atoms with Gasteiger partial charge in [0, 0.05) is 6.61 Å². The zero-order valence-electron chi connectivity index (χ0n) is 25.7. The highest BCUT2D eigenvalue weighted by Gasteiger charge is 1.96. The second-order valence-electron chi connectivity index (χ2n) is 11.4. The zero-order valence-corrected chi connectivity index (χ0v) is 25.7. The standard InChI is InChI=1S/C35H68O2/c1-3-5-7-9-11-13-15-17-19-21-23-25-27-29-32-36-34-31-35-37-33-30-28-26-24-22-20-18-16-14-12-10-8-6-4-2/h3-30,32-34H2,1-2H3. The Hall–Kier alpha value is -0.680. The largest absolute Gasteiger partial charge is 0.447 e. The molecule has 0 heterocycles. The summed E-state index contributed by atoms with van der Waals surface area (Å²) in [7, 11) is 0. The molecule has 2 nitrogen and oxygen atoms in total. The van der Waals surface area contributed by atoms with Gasteiger partial charge >= 0.3 is 0 Å². The van der Waals surface area contributed by atoms with Gasteiger partial charge in [-0.1, -0.05) is 181 Å². The summed E-state index contributed by atoms with van der Waals surface area (Å²) in [5.41, 5.74) is 0. The van der Waals surface area contributed by atoms with Crippen molar-refractivity contribution < 1.29 is 9.47 Å². The van der Waals surface area contributed by atoms with Gasteiger partial charge in [-0.2, -0.15) is 0 Å². The Morgan fingerprint density at radius 3 is 1.00 bits per heavy atom. The molecule has 0 atom stereocenters. The molecule has 0 aromatic heterocycles. The van der Waals surface area contributed by atoms with Crippen molar-refractivity contribution in [3.05, 3.63) is 0 Å². The molecule has 0 N–H and O–H groups in total. The van der Waals surface area contributed by atoms with Crippen molar-refractivity contribution in [3.8, 4) is 12.0 Å². The lowest BCUT2D eigenvalue weighted by molar-refractivity contribution is 0.160. The van der Waals surface area contributed by atoms with Gasteiger partial charge in [-0.25, -0.2) is 0 Å². The molecule has 0 fully saturated rings. The monoisotopic (exact) mass is 521 g/mol. The normalized spacial score (nSPS) is 11.0. The molecular weight excluding hydrogens is 452 g/mol. The first kappa shape index (κ1) is 36.3. The lowest BCUT2D eigenvalue weighted by Gasteiger charge is -2.03. The summed E-state index contributed by atoms with van der Waals surface area (Å²) in [4.78, 5) is 0. The summed E-state index contributed by atoms with van der Waals surface area (Å²) in [5, 5.41) is 0. The average molecular weight is 521 g/mol. The third-order valence-electron chi connectivity index (χ3n) is 7.56. The van der Waals surface area contributed by atoms with Crippen LogP contribution < -0.4 is 0 Å². The average Bonchev–Trinajstić information content (AvgIpc) is 2.91. The highest BCUT2D eigenvalue weighted by Crippen LogP contribution is 2.14. The first-order valence-electron chi connectivity index (χ1n) is 17.1. The number of rotatable bonds is 31. The maximum Gasteiger partial charge on any atom is 0.112 e. The molecule has 0 saturated carbocycles. The zero-order chi connectivity index (χ0) is 26.7. The topological polar surface area (TPSA) is 18.5 Å². The SMILES string of the molecule is CCCCCCCCCCCCCCCCOC#CCOCCCCCCCCCCCCCCCC.